The lowest BCUT2D eigenvalue weighted by atomic mass is 9.81. The van der Waals surface area contributed by atoms with Crippen LogP contribution >= 0.6 is 11.8 Å². The van der Waals surface area contributed by atoms with E-state index in [1.54, 1.807) is 11.8 Å². The minimum atomic E-state index is -0.549. The molecule has 1 aliphatic rings. The highest BCUT2D eigenvalue weighted by molar-refractivity contribution is 7.99. The van der Waals surface area contributed by atoms with Gasteiger partial charge >= 0.3 is 5.97 Å². The van der Waals surface area contributed by atoms with Crippen molar-refractivity contribution in [2.75, 3.05) is 13.7 Å². The monoisotopic (exact) mass is 312 g/mol. The van der Waals surface area contributed by atoms with Gasteiger partial charge in [0.15, 0.2) is 5.16 Å². The first-order chi connectivity index (χ1) is 10.0. The maximum absolute atomic E-state index is 12.2. The van der Waals surface area contributed by atoms with Crippen LogP contribution in [0.15, 0.2) is 5.16 Å². The third kappa shape index (κ3) is 3.40. The zero-order valence-corrected chi connectivity index (χ0v) is 14.0. The van der Waals surface area contributed by atoms with Crippen LogP contribution in [0.5, 0.6) is 0 Å². The summed E-state index contributed by atoms with van der Waals surface area (Å²) in [6.07, 6.45) is 3.70. The Morgan fingerprint density at radius 2 is 2.33 bits per heavy atom. The summed E-state index contributed by atoms with van der Waals surface area (Å²) in [6.45, 7) is 4.72. The summed E-state index contributed by atoms with van der Waals surface area (Å²) in [4.78, 5) is 12.2. The van der Waals surface area contributed by atoms with Crippen molar-refractivity contribution >= 4 is 17.7 Å². The van der Waals surface area contributed by atoms with E-state index in [-0.39, 0.29) is 5.97 Å². The molecule has 7 heteroatoms. The topological polar surface area (TPSA) is 69.0 Å². The summed E-state index contributed by atoms with van der Waals surface area (Å²) < 4.78 is 7.02. The van der Waals surface area contributed by atoms with Gasteiger partial charge in [-0.3, -0.25) is 4.79 Å². The Hall–Kier alpha value is -1.08. The molecular weight excluding hydrogens is 288 g/mol. The Bertz CT molecular complexity index is 501. The second-order valence-corrected chi connectivity index (χ2v) is 6.80. The van der Waals surface area contributed by atoms with Crippen LogP contribution in [0, 0.1) is 6.92 Å². The van der Waals surface area contributed by atoms with Crippen LogP contribution in [0.25, 0.3) is 0 Å². The number of hydrogen-bond acceptors (Lipinski definition) is 6. The van der Waals surface area contributed by atoms with Gasteiger partial charge in [0.25, 0.3) is 0 Å². The molecule has 1 N–H and O–H groups in total. The number of carbonyl (C=O) groups excluding carboxylic acids is 1. The van der Waals surface area contributed by atoms with E-state index in [9.17, 15) is 4.79 Å². The highest BCUT2D eigenvalue weighted by atomic mass is 32.2. The van der Waals surface area contributed by atoms with Crippen LogP contribution in [0.3, 0.4) is 0 Å². The Morgan fingerprint density at radius 1 is 1.57 bits per heavy atom. The maximum Gasteiger partial charge on any atom is 0.326 e. The SMILES string of the molecule is CCNC1(C(=O)OC)CCCC(Sc2nnc(C)n2C)C1. The quantitative estimate of drug-likeness (QED) is 0.834. The third-order valence-corrected chi connectivity index (χ3v) is 5.42. The molecule has 0 aromatic carbocycles. The van der Waals surface area contributed by atoms with Gasteiger partial charge in [0.2, 0.25) is 0 Å². The van der Waals surface area contributed by atoms with Crippen LogP contribution in [0.2, 0.25) is 0 Å². The van der Waals surface area contributed by atoms with Gasteiger partial charge in [-0.15, -0.1) is 10.2 Å². The third-order valence-electron chi connectivity index (χ3n) is 4.12. The zero-order chi connectivity index (χ0) is 15.5. The molecule has 0 radical (unpaired) electrons. The van der Waals surface area contributed by atoms with Gasteiger partial charge < -0.3 is 14.6 Å². The summed E-state index contributed by atoms with van der Waals surface area (Å²) in [5.74, 6) is 0.753. The van der Waals surface area contributed by atoms with Crippen molar-refractivity contribution in [1.29, 1.82) is 0 Å². The normalized spacial score (nSPS) is 25.8. The molecule has 1 aliphatic carbocycles. The lowest BCUT2D eigenvalue weighted by molar-refractivity contribution is -0.150. The van der Waals surface area contributed by atoms with E-state index in [2.05, 4.69) is 15.5 Å². The smallest absolute Gasteiger partial charge is 0.326 e. The average molecular weight is 312 g/mol. The van der Waals surface area contributed by atoms with Crippen molar-refractivity contribution in [1.82, 2.24) is 20.1 Å². The van der Waals surface area contributed by atoms with Crippen molar-refractivity contribution in [2.45, 2.75) is 55.5 Å². The molecule has 0 amide bonds. The molecule has 2 rings (SSSR count). The van der Waals surface area contributed by atoms with E-state index in [1.165, 1.54) is 7.11 Å². The molecule has 0 spiro atoms. The van der Waals surface area contributed by atoms with Crippen LogP contribution in [0.1, 0.15) is 38.4 Å². The first kappa shape index (κ1) is 16.3. The van der Waals surface area contributed by atoms with Crippen LogP contribution in [0.4, 0.5) is 0 Å². The van der Waals surface area contributed by atoms with E-state index in [0.717, 1.165) is 43.2 Å². The van der Waals surface area contributed by atoms with Crippen molar-refractivity contribution < 1.29 is 9.53 Å². The van der Waals surface area contributed by atoms with Gasteiger partial charge in [-0.05, 0) is 39.2 Å². The fraction of sp³-hybridized carbons (Fsp3) is 0.786. The minimum absolute atomic E-state index is 0.149. The molecule has 0 bridgehead atoms. The molecule has 1 fully saturated rings. The zero-order valence-electron chi connectivity index (χ0n) is 13.2. The minimum Gasteiger partial charge on any atom is -0.468 e. The van der Waals surface area contributed by atoms with E-state index in [4.69, 9.17) is 4.74 Å². The molecule has 1 aromatic heterocycles. The lowest BCUT2D eigenvalue weighted by Gasteiger charge is -2.38. The first-order valence-electron chi connectivity index (χ1n) is 7.38. The predicted molar refractivity (Wildman–Crippen MR) is 82.3 cm³/mol. The lowest BCUT2D eigenvalue weighted by Crippen LogP contribution is -2.56. The number of aryl methyl sites for hydroxylation is 1. The van der Waals surface area contributed by atoms with Crippen LogP contribution < -0.4 is 5.32 Å². The number of nitrogens with one attached hydrogen (secondary N) is 1. The standard InChI is InChI=1S/C14H24N4O2S/c1-5-15-14(12(19)20-4)8-6-7-11(9-14)21-13-17-16-10(2)18(13)3/h11,15H,5-9H2,1-4H3. The molecule has 0 saturated heterocycles. The molecular formula is C14H24N4O2S. The van der Waals surface area contributed by atoms with Gasteiger partial charge in [-0.25, -0.2) is 0 Å². The van der Waals surface area contributed by atoms with Gasteiger partial charge in [-0.2, -0.15) is 0 Å². The molecule has 1 heterocycles. The summed E-state index contributed by atoms with van der Waals surface area (Å²) in [7, 11) is 3.43. The molecule has 21 heavy (non-hydrogen) atoms. The maximum atomic E-state index is 12.2. The molecule has 1 saturated carbocycles. The molecule has 0 aliphatic heterocycles. The molecule has 6 nitrogen and oxygen atoms in total. The number of ether oxygens (including phenoxy) is 1. The van der Waals surface area contributed by atoms with Crippen LogP contribution in [-0.4, -0.2) is 45.2 Å². The summed E-state index contributed by atoms with van der Waals surface area (Å²) in [6, 6.07) is 0. The van der Waals surface area contributed by atoms with E-state index in [0.29, 0.717) is 5.25 Å². The number of thioether (sulfide) groups is 1. The Morgan fingerprint density at radius 3 is 2.90 bits per heavy atom. The van der Waals surface area contributed by atoms with Crippen molar-refractivity contribution in [3.8, 4) is 0 Å². The van der Waals surface area contributed by atoms with E-state index < -0.39 is 5.54 Å². The fourth-order valence-electron chi connectivity index (χ4n) is 2.92. The Balaban J connectivity index is 2.11. The van der Waals surface area contributed by atoms with Gasteiger partial charge in [-0.1, -0.05) is 18.7 Å². The highest BCUT2D eigenvalue weighted by Gasteiger charge is 2.43. The average Bonchev–Trinajstić information content (AvgIpc) is 2.79. The number of carbonyl (C=O) groups is 1. The fourth-order valence-corrected chi connectivity index (χ4v) is 4.24. The number of rotatable bonds is 5. The summed E-state index contributed by atoms with van der Waals surface area (Å²) in [5.41, 5.74) is -0.549. The van der Waals surface area contributed by atoms with Crippen LogP contribution in [-0.2, 0) is 16.6 Å². The number of esters is 1. The van der Waals surface area contributed by atoms with Gasteiger partial charge in [0.1, 0.15) is 11.4 Å². The molecule has 1 aromatic rings. The Labute approximate surface area is 130 Å². The number of nitrogens with zero attached hydrogens (tertiary/aromatic N) is 3. The van der Waals surface area contributed by atoms with Gasteiger partial charge in [0.05, 0.1) is 7.11 Å². The second-order valence-electron chi connectivity index (χ2n) is 5.53. The van der Waals surface area contributed by atoms with Crippen molar-refractivity contribution in [3.63, 3.8) is 0 Å². The first-order valence-corrected chi connectivity index (χ1v) is 8.26. The number of methoxy groups -OCH3 is 1. The largest absolute Gasteiger partial charge is 0.468 e. The van der Waals surface area contributed by atoms with E-state index in [1.807, 2.05) is 25.5 Å². The number of aromatic nitrogens is 3. The van der Waals surface area contributed by atoms with Crippen molar-refractivity contribution in [3.05, 3.63) is 5.82 Å². The highest BCUT2D eigenvalue weighted by Crippen LogP contribution is 2.38. The summed E-state index contributed by atoms with van der Waals surface area (Å²) >= 11 is 1.71. The van der Waals surface area contributed by atoms with Crippen molar-refractivity contribution in [2.24, 2.45) is 7.05 Å². The predicted octanol–water partition coefficient (Wildman–Crippen LogP) is 1.68. The molecule has 2 unspecified atom stereocenters. The number of hydrogen-bond donors (Lipinski definition) is 1. The Kier molecular flexibility index (Phi) is 5.27. The molecule has 2 atom stereocenters. The van der Waals surface area contributed by atoms with Gasteiger partial charge in [0, 0.05) is 12.3 Å². The number of likely N-dealkylation sites (N-methyl/N-ethyl adjacent to an activating group) is 1. The van der Waals surface area contributed by atoms with E-state index >= 15 is 0 Å². The molecule has 118 valence electrons. The summed E-state index contributed by atoms with van der Waals surface area (Å²) in [5, 5.41) is 12.9. The second kappa shape index (κ2) is 6.79.